The van der Waals surface area contributed by atoms with Gasteiger partial charge < -0.3 is 5.11 Å². The first-order valence-corrected chi connectivity index (χ1v) is 5.32. The van der Waals surface area contributed by atoms with Crippen LogP contribution in [0.3, 0.4) is 0 Å². The number of alkyl halides is 3. The third kappa shape index (κ3) is 2.94. The predicted molar refractivity (Wildman–Crippen MR) is 53.1 cm³/mol. The molecule has 0 aliphatic rings. The van der Waals surface area contributed by atoms with Crippen molar-refractivity contribution in [2.45, 2.75) is 18.2 Å². The summed E-state index contributed by atoms with van der Waals surface area (Å²) in [5.41, 5.74) is -0.882. The van der Waals surface area contributed by atoms with Crippen LogP contribution in [-0.4, -0.2) is 16.1 Å². The molecule has 0 bridgehead atoms. The molecule has 0 unspecified atom stereocenters. The van der Waals surface area contributed by atoms with Crippen LogP contribution < -0.4 is 0 Å². The van der Waals surface area contributed by atoms with Gasteiger partial charge in [-0.1, -0.05) is 15.9 Å². The predicted octanol–water partition coefficient (Wildman–Crippen LogP) is 2.68. The van der Waals surface area contributed by atoms with Crippen molar-refractivity contribution in [1.29, 1.82) is 0 Å². The monoisotopic (exact) mass is 297 g/mol. The molecule has 3 nitrogen and oxygen atoms in total. The molecule has 1 rings (SSSR count). The van der Waals surface area contributed by atoms with E-state index in [0.717, 1.165) is 0 Å². The van der Waals surface area contributed by atoms with Gasteiger partial charge in [-0.2, -0.15) is 0 Å². The van der Waals surface area contributed by atoms with Crippen LogP contribution >= 0.6 is 15.9 Å². The fourth-order valence-electron chi connectivity index (χ4n) is 1.17. The van der Waals surface area contributed by atoms with Crippen LogP contribution in [-0.2, 0) is 16.5 Å². The Morgan fingerprint density at radius 1 is 1.56 bits per heavy atom. The summed E-state index contributed by atoms with van der Waals surface area (Å²) in [4.78, 5) is 14.0. The van der Waals surface area contributed by atoms with Gasteiger partial charge in [0.1, 0.15) is 11.5 Å². The minimum atomic E-state index is -2.88. The lowest BCUT2D eigenvalue weighted by molar-refractivity contribution is -0.136. The molecular weight excluding hydrogens is 291 g/mol. The van der Waals surface area contributed by atoms with E-state index >= 15 is 0 Å². The van der Waals surface area contributed by atoms with Gasteiger partial charge in [-0.05, 0) is 0 Å². The summed E-state index contributed by atoms with van der Waals surface area (Å²) in [6.07, 6.45) is -3.46. The molecule has 0 fully saturated rings. The van der Waals surface area contributed by atoms with E-state index in [1.165, 1.54) is 0 Å². The van der Waals surface area contributed by atoms with E-state index in [-0.39, 0.29) is 16.6 Å². The van der Waals surface area contributed by atoms with Crippen molar-refractivity contribution in [1.82, 2.24) is 4.98 Å². The van der Waals surface area contributed by atoms with Gasteiger partial charge in [-0.15, -0.1) is 0 Å². The number of halogens is 4. The third-order valence-corrected chi connectivity index (χ3v) is 2.38. The fourth-order valence-corrected chi connectivity index (χ4v) is 1.63. The Morgan fingerprint density at radius 2 is 2.19 bits per heavy atom. The Balaban J connectivity index is 3.22. The maximum atomic E-state index is 13.4. The first-order valence-electron chi connectivity index (χ1n) is 4.19. The molecule has 1 N–H and O–H groups in total. The first-order chi connectivity index (χ1) is 7.45. The summed E-state index contributed by atoms with van der Waals surface area (Å²) in [5, 5.41) is 8.55. The van der Waals surface area contributed by atoms with Crippen molar-refractivity contribution in [3.8, 4) is 0 Å². The van der Waals surface area contributed by atoms with Gasteiger partial charge >= 0.3 is 5.97 Å². The summed E-state index contributed by atoms with van der Waals surface area (Å²) in [5.74, 6) is -2.21. The second-order valence-electron chi connectivity index (χ2n) is 2.96. The molecule has 7 heteroatoms. The Kier molecular flexibility index (Phi) is 4.28. The highest BCUT2D eigenvalue weighted by atomic mass is 79.9. The number of rotatable bonds is 4. The van der Waals surface area contributed by atoms with E-state index in [9.17, 15) is 18.0 Å². The van der Waals surface area contributed by atoms with Crippen LogP contribution in [0.1, 0.15) is 23.4 Å². The van der Waals surface area contributed by atoms with Gasteiger partial charge in [-0.25, -0.2) is 13.2 Å². The Morgan fingerprint density at radius 3 is 2.62 bits per heavy atom. The van der Waals surface area contributed by atoms with Crippen LogP contribution in [0.2, 0.25) is 0 Å². The van der Waals surface area contributed by atoms with Gasteiger partial charge in [-0.3, -0.25) is 9.78 Å². The van der Waals surface area contributed by atoms with Crippen molar-refractivity contribution in [3.05, 3.63) is 28.8 Å². The second-order valence-corrected chi connectivity index (χ2v) is 3.52. The van der Waals surface area contributed by atoms with Crippen molar-refractivity contribution >= 4 is 21.9 Å². The highest BCUT2D eigenvalue weighted by Gasteiger charge is 2.18. The lowest BCUT2D eigenvalue weighted by Crippen LogP contribution is -2.09. The number of hydrogen-bond donors (Lipinski definition) is 1. The van der Waals surface area contributed by atoms with Gasteiger partial charge in [0.15, 0.2) is 0 Å². The summed E-state index contributed by atoms with van der Waals surface area (Å²) < 4.78 is 38.0. The molecule has 0 aliphatic carbocycles. The molecule has 1 aromatic heterocycles. The van der Waals surface area contributed by atoms with Crippen LogP contribution in [0.15, 0.2) is 6.07 Å². The van der Waals surface area contributed by atoms with Gasteiger partial charge in [0.2, 0.25) is 0 Å². The van der Waals surface area contributed by atoms with Gasteiger partial charge in [0, 0.05) is 17.0 Å². The number of carboxylic acids is 1. The lowest BCUT2D eigenvalue weighted by Gasteiger charge is -2.08. The van der Waals surface area contributed by atoms with Gasteiger partial charge in [0.05, 0.1) is 12.1 Å². The highest BCUT2D eigenvalue weighted by Crippen LogP contribution is 2.23. The SMILES string of the molecule is O=C(O)Cc1c(F)cc(C(F)F)nc1CBr. The average Bonchev–Trinajstić information content (AvgIpc) is 2.19. The standard InChI is InChI=1S/C9H7BrF3NO2/c10-3-7-4(1-8(15)16)5(11)2-6(14-7)9(12)13/h2,9H,1,3H2,(H,15,16). The topological polar surface area (TPSA) is 50.2 Å². The zero-order valence-electron chi connectivity index (χ0n) is 7.88. The van der Waals surface area contributed by atoms with E-state index in [1.54, 1.807) is 0 Å². The Bertz CT molecular complexity index is 412. The quantitative estimate of drug-likeness (QED) is 0.869. The summed E-state index contributed by atoms with van der Waals surface area (Å²) in [7, 11) is 0. The van der Waals surface area contributed by atoms with Crippen molar-refractivity contribution < 1.29 is 23.1 Å². The number of pyridine rings is 1. The molecule has 1 aromatic rings. The minimum Gasteiger partial charge on any atom is -0.481 e. The number of aliphatic carboxylic acids is 1. The molecule has 0 radical (unpaired) electrons. The zero-order valence-corrected chi connectivity index (χ0v) is 9.47. The number of carbonyl (C=O) groups is 1. The lowest BCUT2D eigenvalue weighted by atomic mass is 10.1. The van der Waals surface area contributed by atoms with Crippen LogP contribution in [0.4, 0.5) is 13.2 Å². The van der Waals surface area contributed by atoms with E-state index in [1.807, 2.05) is 0 Å². The highest BCUT2D eigenvalue weighted by molar-refractivity contribution is 9.08. The molecule has 1 heterocycles. The normalized spacial score (nSPS) is 10.8. The Labute approximate surface area is 97.4 Å². The van der Waals surface area contributed by atoms with Crippen molar-refractivity contribution in [2.75, 3.05) is 0 Å². The fraction of sp³-hybridized carbons (Fsp3) is 0.333. The number of aromatic nitrogens is 1. The minimum absolute atomic E-state index is 0.0160. The molecule has 0 amide bonds. The largest absolute Gasteiger partial charge is 0.481 e. The first kappa shape index (κ1) is 13.0. The molecule has 0 saturated carbocycles. The van der Waals surface area contributed by atoms with Crippen LogP contribution in [0, 0.1) is 5.82 Å². The average molecular weight is 298 g/mol. The zero-order chi connectivity index (χ0) is 12.3. The molecule has 0 saturated heterocycles. The maximum Gasteiger partial charge on any atom is 0.307 e. The summed E-state index contributed by atoms with van der Waals surface area (Å²) >= 11 is 2.95. The second kappa shape index (κ2) is 5.29. The maximum absolute atomic E-state index is 13.4. The number of hydrogen-bond acceptors (Lipinski definition) is 2. The van der Waals surface area contributed by atoms with Crippen molar-refractivity contribution in [2.24, 2.45) is 0 Å². The van der Waals surface area contributed by atoms with Crippen LogP contribution in [0.5, 0.6) is 0 Å². The molecule has 88 valence electrons. The van der Waals surface area contributed by atoms with Gasteiger partial charge in [0.25, 0.3) is 6.43 Å². The number of carboxylic acid groups (broad SMARTS) is 1. The third-order valence-electron chi connectivity index (χ3n) is 1.85. The molecule has 0 atom stereocenters. The molecule has 0 aliphatic heterocycles. The summed E-state index contributed by atoms with van der Waals surface area (Å²) in [6, 6.07) is 0.565. The molecular formula is C9H7BrF3NO2. The van der Waals surface area contributed by atoms with E-state index in [0.29, 0.717) is 6.07 Å². The van der Waals surface area contributed by atoms with Crippen molar-refractivity contribution in [3.63, 3.8) is 0 Å². The smallest absolute Gasteiger partial charge is 0.307 e. The molecule has 16 heavy (non-hydrogen) atoms. The number of nitrogens with zero attached hydrogens (tertiary/aromatic N) is 1. The Hall–Kier alpha value is -1.11. The summed E-state index contributed by atoms with van der Waals surface area (Å²) in [6.45, 7) is 0. The molecule has 0 aromatic carbocycles. The van der Waals surface area contributed by atoms with E-state index in [2.05, 4.69) is 20.9 Å². The molecule has 0 spiro atoms. The van der Waals surface area contributed by atoms with E-state index in [4.69, 9.17) is 5.11 Å². The van der Waals surface area contributed by atoms with E-state index < -0.39 is 30.3 Å². The van der Waals surface area contributed by atoms with Crippen LogP contribution in [0.25, 0.3) is 0 Å².